The minimum atomic E-state index is -0.0672. The molecule has 26 heavy (non-hydrogen) atoms. The van der Waals surface area contributed by atoms with Crippen LogP contribution in [0.4, 0.5) is 0 Å². The molecule has 2 aromatic heterocycles. The molecular weight excluding hydrogens is 332 g/mol. The number of aromatic nitrogens is 4. The predicted molar refractivity (Wildman–Crippen MR) is 95.0 cm³/mol. The van der Waals surface area contributed by atoms with Crippen LogP contribution in [0.1, 0.15) is 78.0 Å². The molecule has 1 atom stereocenters. The molecule has 8 heteroatoms. The molecule has 0 spiro atoms. The van der Waals surface area contributed by atoms with Crippen molar-refractivity contribution in [3.8, 4) is 0 Å². The van der Waals surface area contributed by atoms with Crippen molar-refractivity contribution in [1.29, 1.82) is 0 Å². The summed E-state index contributed by atoms with van der Waals surface area (Å²) in [5.41, 5.74) is 2.35. The first-order chi connectivity index (χ1) is 12.5. The van der Waals surface area contributed by atoms with Crippen LogP contribution in [0.25, 0.3) is 0 Å². The number of aromatic amines is 1. The number of nitrogens with zero attached hydrogens (tertiary/aromatic N) is 5. The van der Waals surface area contributed by atoms with E-state index in [0.717, 1.165) is 36.6 Å². The normalized spacial score (nSPS) is 21.6. The number of aryl methyl sites for hydroxylation is 1. The lowest BCUT2D eigenvalue weighted by atomic mass is 10.0. The molecule has 2 fully saturated rings. The Bertz CT molecular complexity index is 806. The average molecular weight is 358 g/mol. The Hall–Kier alpha value is -2.22. The number of hydrogen-bond donors (Lipinski definition) is 1. The second kappa shape index (κ2) is 6.50. The zero-order valence-electron chi connectivity index (χ0n) is 15.8. The van der Waals surface area contributed by atoms with Crippen LogP contribution in [0.5, 0.6) is 0 Å². The number of amides is 1. The summed E-state index contributed by atoms with van der Waals surface area (Å²) in [7, 11) is 2.04. The highest BCUT2D eigenvalue weighted by atomic mass is 16.5. The van der Waals surface area contributed by atoms with Crippen LogP contribution >= 0.6 is 0 Å². The van der Waals surface area contributed by atoms with Gasteiger partial charge in [-0.05, 0) is 32.7 Å². The maximum Gasteiger partial charge on any atom is 0.257 e. The van der Waals surface area contributed by atoms with Crippen molar-refractivity contribution < 1.29 is 9.32 Å². The first-order valence-corrected chi connectivity index (χ1v) is 9.33. The SMILES string of the molecule is Cc1[nH]nc(C(C)C)c1C(=O)N1CCN(C)[C@H](c2nc(C3CC3)no2)C1. The largest absolute Gasteiger partial charge is 0.338 e. The topological polar surface area (TPSA) is 91.2 Å². The maximum atomic E-state index is 13.2. The molecule has 0 radical (unpaired) electrons. The standard InChI is InChI=1S/C18H26N6O2/c1-10(2)15-14(11(3)20-21-15)18(25)24-8-7-23(4)13(9-24)17-19-16(22-26-17)12-5-6-12/h10,12-13H,5-9H2,1-4H3,(H,20,21)/t13-/m0/s1. The molecule has 1 saturated carbocycles. The van der Waals surface area contributed by atoms with Gasteiger partial charge in [-0.2, -0.15) is 10.1 Å². The van der Waals surface area contributed by atoms with E-state index >= 15 is 0 Å². The second-order valence-electron chi connectivity index (χ2n) is 7.78. The van der Waals surface area contributed by atoms with Gasteiger partial charge in [-0.1, -0.05) is 19.0 Å². The van der Waals surface area contributed by atoms with Gasteiger partial charge in [0.1, 0.15) is 6.04 Å². The Morgan fingerprint density at radius 2 is 2.08 bits per heavy atom. The van der Waals surface area contributed by atoms with Gasteiger partial charge in [-0.15, -0.1) is 0 Å². The van der Waals surface area contributed by atoms with Crippen LogP contribution in [-0.4, -0.2) is 62.7 Å². The molecule has 4 rings (SSSR count). The van der Waals surface area contributed by atoms with E-state index in [1.807, 2.05) is 18.9 Å². The highest BCUT2D eigenvalue weighted by Crippen LogP contribution is 2.39. The number of piperazine rings is 1. The van der Waals surface area contributed by atoms with E-state index in [9.17, 15) is 4.79 Å². The van der Waals surface area contributed by atoms with E-state index in [1.54, 1.807) is 0 Å². The summed E-state index contributed by atoms with van der Waals surface area (Å²) in [5.74, 6) is 2.10. The van der Waals surface area contributed by atoms with E-state index in [1.165, 1.54) is 0 Å². The molecule has 140 valence electrons. The van der Waals surface area contributed by atoms with E-state index in [2.05, 4.69) is 39.1 Å². The van der Waals surface area contributed by atoms with Crippen molar-refractivity contribution in [1.82, 2.24) is 30.1 Å². The Kier molecular flexibility index (Phi) is 4.30. The van der Waals surface area contributed by atoms with E-state index in [-0.39, 0.29) is 17.9 Å². The Morgan fingerprint density at radius 1 is 1.31 bits per heavy atom. The third-order valence-corrected chi connectivity index (χ3v) is 5.36. The third kappa shape index (κ3) is 3.02. The van der Waals surface area contributed by atoms with Crippen molar-refractivity contribution in [2.45, 2.75) is 51.5 Å². The molecule has 1 saturated heterocycles. The average Bonchev–Trinajstić information content (AvgIpc) is 3.21. The van der Waals surface area contributed by atoms with Gasteiger partial charge in [-0.3, -0.25) is 14.8 Å². The maximum absolute atomic E-state index is 13.2. The van der Waals surface area contributed by atoms with Gasteiger partial charge >= 0.3 is 0 Å². The summed E-state index contributed by atoms with van der Waals surface area (Å²) in [6.45, 7) is 8.00. The molecular formula is C18H26N6O2. The molecule has 3 heterocycles. The third-order valence-electron chi connectivity index (χ3n) is 5.36. The van der Waals surface area contributed by atoms with Crippen molar-refractivity contribution in [3.05, 3.63) is 28.7 Å². The van der Waals surface area contributed by atoms with Crippen LogP contribution in [0.2, 0.25) is 0 Å². The number of hydrogen-bond acceptors (Lipinski definition) is 6. The Morgan fingerprint density at radius 3 is 2.77 bits per heavy atom. The molecule has 1 amide bonds. The summed E-state index contributed by atoms with van der Waals surface area (Å²) in [4.78, 5) is 21.8. The van der Waals surface area contributed by atoms with Gasteiger partial charge < -0.3 is 9.42 Å². The second-order valence-corrected chi connectivity index (χ2v) is 7.78. The Labute approximate surface area is 152 Å². The smallest absolute Gasteiger partial charge is 0.257 e. The Balaban J connectivity index is 1.56. The van der Waals surface area contributed by atoms with Crippen LogP contribution < -0.4 is 0 Å². The van der Waals surface area contributed by atoms with E-state index in [4.69, 9.17) is 4.52 Å². The first kappa shape index (κ1) is 17.2. The fraction of sp³-hybridized carbons (Fsp3) is 0.667. The van der Waals surface area contributed by atoms with Crippen molar-refractivity contribution in [2.75, 3.05) is 26.7 Å². The molecule has 1 aliphatic heterocycles. The van der Waals surface area contributed by atoms with E-state index in [0.29, 0.717) is 30.5 Å². The van der Waals surface area contributed by atoms with Gasteiger partial charge in [0.25, 0.3) is 5.91 Å². The minimum Gasteiger partial charge on any atom is -0.338 e. The molecule has 8 nitrogen and oxygen atoms in total. The summed E-state index contributed by atoms with van der Waals surface area (Å²) in [6.07, 6.45) is 2.28. The minimum absolute atomic E-state index is 0.0278. The van der Waals surface area contributed by atoms with Gasteiger partial charge in [0.05, 0.1) is 11.3 Å². The fourth-order valence-corrected chi connectivity index (χ4v) is 3.51. The number of H-pyrrole nitrogens is 1. The first-order valence-electron chi connectivity index (χ1n) is 9.33. The molecule has 0 unspecified atom stereocenters. The fourth-order valence-electron chi connectivity index (χ4n) is 3.51. The molecule has 1 N–H and O–H groups in total. The number of nitrogens with one attached hydrogen (secondary N) is 1. The van der Waals surface area contributed by atoms with Crippen molar-refractivity contribution in [2.24, 2.45) is 0 Å². The lowest BCUT2D eigenvalue weighted by molar-refractivity contribution is 0.0487. The summed E-state index contributed by atoms with van der Waals surface area (Å²) >= 11 is 0. The quantitative estimate of drug-likeness (QED) is 0.901. The molecule has 2 aromatic rings. The van der Waals surface area contributed by atoms with Crippen molar-refractivity contribution >= 4 is 5.91 Å². The summed E-state index contributed by atoms with van der Waals surface area (Å²) in [5, 5.41) is 11.4. The zero-order chi connectivity index (χ0) is 18.4. The highest BCUT2D eigenvalue weighted by molar-refractivity contribution is 5.96. The van der Waals surface area contributed by atoms with Gasteiger partial charge in [-0.25, -0.2) is 0 Å². The number of carbonyl (C=O) groups is 1. The summed E-state index contributed by atoms with van der Waals surface area (Å²) < 4.78 is 5.52. The van der Waals surface area contributed by atoms with E-state index < -0.39 is 0 Å². The molecule has 0 bridgehead atoms. The number of likely N-dealkylation sites (N-methyl/N-ethyl adjacent to an activating group) is 1. The van der Waals surface area contributed by atoms with Crippen LogP contribution in [-0.2, 0) is 0 Å². The molecule has 2 aliphatic rings. The van der Waals surface area contributed by atoms with Gasteiger partial charge in [0.2, 0.25) is 5.89 Å². The van der Waals surface area contributed by atoms with Crippen LogP contribution in [0.15, 0.2) is 4.52 Å². The lowest BCUT2D eigenvalue weighted by Crippen LogP contribution is -2.49. The highest BCUT2D eigenvalue weighted by Gasteiger charge is 2.36. The van der Waals surface area contributed by atoms with Crippen molar-refractivity contribution in [3.63, 3.8) is 0 Å². The summed E-state index contributed by atoms with van der Waals surface area (Å²) in [6, 6.07) is -0.0672. The van der Waals surface area contributed by atoms with Crippen LogP contribution in [0.3, 0.4) is 0 Å². The lowest BCUT2D eigenvalue weighted by Gasteiger charge is -2.37. The number of carbonyl (C=O) groups excluding carboxylic acids is 1. The molecule has 0 aromatic carbocycles. The van der Waals surface area contributed by atoms with Gasteiger partial charge in [0.15, 0.2) is 5.82 Å². The molecule has 1 aliphatic carbocycles. The van der Waals surface area contributed by atoms with Gasteiger partial charge in [0, 0.05) is 31.2 Å². The monoisotopic (exact) mass is 358 g/mol. The predicted octanol–water partition coefficient (Wildman–Crippen LogP) is 2.23. The van der Waals surface area contributed by atoms with Crippen LogP contribution in [0, 0.1) is 6.92 Å². The number of rotatable bonds is 4. The zero-order valence-corrected chi connectivity index (χ0v) is 15.8.